The van der Waals surface area contributed by atoms with Gasteiger partial charge in [0.25, 0.3) is 5.91 Å². The second kappa shape index (κ2) is 5.55. The molecular formula is C18H21ClN4OS. The van der Waals surface area contributed by atoms with Gasteiger partial charge >= 0.3 is 0 Å². The Bertz CT molecular complexity index is 807. The van der Waals surface area contributed by atoms with Crippen LogP contribution in [0.4, 0.5) is 5.13 Å². The third kappa shape index (κ3) is 2.61. The molecule has 7 heteroatoms. The molecule has 1 amide bonds. The van der Waals surface area contributed by atoms with Gasteiger partial charge in [-0.15, -0.1) is 11.3 Å². The van der Waals surface area contributed by atoms with Gasteiger partial charge in [0.15, 0.2) is 10.8 Å². The minimum Gasteiger partial charge on any atom is -0.296 e. The molecular weight excluding hydrogens is 356 g/mol. The molecule has 0 aromatic carbocycles. The largest absolute Gasteiger partial charge is 0.296 e. The molecule has 0 atom stereocenters. The molecule has 0 saturated heterocycles. The normalized spacial score (nSPS) is 33.0. The Morgan fingerprint density at radius 2 is 1.92 bits per heavy atom. The zero-order valence-corrected chi connectivity index (χ0v) is 15.7. The summed E-state index contributed by atoms with van der Waals surface area (Å²) in [7, 11) is 1.75. The van der Waals surface area contributed by atoms with E-state index in [4.69, 9.17) is 16.6 Å². The van der Waals surface area contributed by atoms with Gasteiger partial charge in [0.2, 0.25) is 0 Å². The smallest absolute Gasteiger partial charge is 0.279 e. The lowest BCUT2D eigenvalue weighted by Crippen LogP contribution is -2.48. The highest BCUT2D eigenvalue weighted by molar-refractivity contribution is 7.14. The van der Waals surface area contributed by atoms with Crippen molar-refractivity contribution in [3.8, 4) is 0 Å². The Balaban J connectivity index is 1.37. The molecule has 2 aromatic rings. The molecule has 4 aliphatic carbocycles. The molecule has 4 saturated carbocycles. The fraction of sp³-hybridized carbons (Fsp3) is 0.611. The van der Waals surface area contributed by atoms with Crippen LogP contribution in [-0.4, -0.2) is 20.7 Å². The summed E-state index contributed by atoms with van der Waals surface area (Å²) in [4.78, 5) is 17.2. The predicted molar refractivity (Wildman–Crippen MR) is 98.1 cm³/mol. The van der Waals surface area contributed by atoms with Gasteiger partial charge in [-0.05, 0) is 56.3 Å². The van der Waals surface area contributed by atoms with Crippen molar-refractivity contribution in [3.63, 3.8) is 0 Å². The average molecular weight is 377 g/mol. The Labute approximate surface area is 155 Å². The monoisotopic (exact) mass is 376 g/mol. The first kappa shape index (κ1) is 15.8. The molecule has 6 rings (SSSR count). The van der Waals surface area contributed by atoms with Crippen LogP contribution in [0, 0.1) is 17.8 Å². The molecule has 5 nitrogen and oxygen atoms in total. The minimum absolute atomic E-state index is 0.246. The van der Waals surface area contributed by atoms with Gasteiger partial charge in [-0.25, -0.2) is 4.98 Å². The number of anilines is 1. The first-order chi connectivity index (χ1) is 12.0. The standard InChI is InChI=1S/C18H21ClN4OS/c1-23-8-13(19)15(22-23)16(24)21-17-20-14(9-25-17)18-5-10-2-11(6-18)4-12(3-10)7-18/h8-12H,2-7H2,1H3,(H,20,21,24). The molecule has 4 fully saturated rings. The van der Waals surface area contributed by atoms with Gasteiger partial charge in [-0.2, -0.15) is 5.10 Å². The maximum atomic E-state index is 12.4. The van der Waals surface area contributed by atoms with Gasteiger partial charge in [-0.1, -0.05) is 11.6 Å². The van der Waals surface area contributed by atoms with Crippen LogP contribution >= 0.6 is 22.9 Å². The maximum Gasteiger partial charge on any atom is 0.279 e. The lowest BCUT2D eigenvalue weighted by atomic mass is 9.49. The molecule has 0 spiro atoms. The van der Waals surface area contributed by atoms with E-state index in [2.05, 4.69) is 15.8 Å². The lowest BCUT2D eigenvalue weighted by molar-refractivity contribution is -0.00688. The van der Waals surface area contributed by atoms with E-state index in [1.165, 1.54) is 55.6 Å². The highest BCUT2D eigenvalue weighted by Crippen LogP contribution is 2.60. The van der Waals surface area contributed by atoms with Gasteiger partial charge in [0.1, 0.15) is 0 Å². The number of nitrogens with zero attached hydrogens (tertiary/aromatic N) is 3. The second-order valence-electron chi connectivity index (χ2n) is 8.19. The van der Waals surface area contributed by atoms with Crippen LogP contribution in [0.3, 0.4) is 0 Å². The summed E-state index contributed by atoms with van der Waals surface area (Å²) in [5.74, 6) is 2.37. The van der Waals surface area contributed by atoms with Crippen LogP contribution in [0.1, 0.15) is 54.7 Å². The topological polar surface area (TPSA) is 59.8 Å². The molecule has 0 aliphatic heterocycles. The van der Waals surface area contributed by atoms with E-state index in [-0.39, 0.29) is 17.0 Å². The van der Waals surface area contributed by atoms with Gasteiger partial charge in [0.05, 0.1) is 10.7 Å². The number of thiazole rings is 1. The highest BCUT2D eigenvalue weighted by Gasteiger charge is 2.52. The van der Waals surface area contributed by atoms with Crippen LogP contribution in [-0.2, 0) is 12.5 Å². The summed E-state index contributed by atoms with van der Waals surface area (Å²) in [6, 6.07) is 0. The molecule has 0 radical (unpaired) electrons. The first-order valence-corrected chi connectivity index (χ1v) is 10.2. The molecule has 4 bridgehead atoms. The molecule has 0 unspecified atom stereocenters. The van der Waals surface area contributed by atoms with Crippen LogP contribution in [0.15, 0.2) is 11.6 Å². The number of aromatic nitrogens is 3. The van der Waals surface area contributed by atoms with E-state index in [1.807, 2.05) is 0 Å². The molecule has 1 N–H and O–H groups in total. The van der Waals surface area contributed by atoms with E-state index in [9.17, 15) is 4.79 Å². The number of rotatable bonds is 3. The number of carbonyl (C=O) groups is 1. The van der Waals surface area contributed by atoms with E-state index in [0.717, 1.165) is 17.8 Å². The van der Waals surface area contributed by atoms with Crippen molar-refractivity contribution >= 4 is 34.0 Å². The number of hydrogen-bond donors (Lipinski definition) is 1. The quantitative estimate of drug-likeness (QED) is 0.871. The van der Waals surface area contributed by atoms with E-state index >= 15 is 0 Å². The van der Waals surface area contributed by atoms with Crippen molar-refractivity contribution in [2.75, 3.05) is 5.32 Å². The molecule has 2 heterocycles. The Morgan fingerprint density at radius 3 is 2.48 bits per heavy atom. The number of hydrogen-bond acceptors (Lipinski definition) is 4. The Hall–Kier alpha value is -1.40. The minimum atomic E-state index is -0.294. The number of nitrogens with one attached hydrogen (secondary N) is 1. The second-order valence-corrected chi connectivity index (χ2v) is 9.45. The predicted octanol–water partition coefficient (Wildman–Crippen LogP) is 4.25. The summed E-state index contributed by atoms with van der Waals surface area (Å²) in [6.45, 7) is 0. The summed E-state index contributed by atoms with van der Waals surface area (Å²) in [5.41, 5.74) is 1.70. The number of carbonyl (C=O) groups excluding carboxylic acids is 1. The van der Waals surface area contributed by atoms with Gasteiger partial charge in [0, 0.05) is 24.0 Å². The van der Waals surface area contributed by atoms with Crippen LogP contribution in [0.2, 0.25) is 5.02 Å². The van der Waals surface area contributed by atoms with Crippen molar-refractivity contribution in [1.29, 1.82) is 0 Å². The van der Waals surface area contributed by atoms with Crippen LogP contribution in [0.25, 0.3) is 0 Å². The average Bonchev–Trinajstić information content (AvgIpc) is 3.12. The number of amides is 1. The summed E-state index contributed by atoms with van der Waals surface area (Å²) >= 11 is 7.57. The summed E-state index contributed by atoms with van der Waals surface area (Å²) < 4.78 is 1.54. The Kier molecular flexibility index (Phi) is 3.51. The number of halogens is 1. The third-order valence-corrected chi connectivity index (χ3v) is 7.34. The fourth-order valence-electron chi connectivity index (χ4n) is 5.77. The fourth-order valence-corrected chi connectivity index (χ4v) is 6.86. The Morgan fingerprint density at radius 1 is 1.28 bits per heavy atom. The van der Waals surface area contributed by atoms with Crippen molar-refractivity contribution in [1.82, 2.24) is 14.8 Å². The van der Waals surface area contributed by atoms with Crippen molar-refractivity contribution in [2.45, 2.75) is 43.9 Å². The van der Waals surface area contributed by atoms with Gasteiger partial charge < -0.3 is 0 Å². The van der Waals surface area contributed by atoms with Gasteiger partial charge in [-0.3, -0.25) is 14.8 Å². The number of aryl methyl sites for hydroxylation is 1. The maximum absolute atomic E-state index is 12.4. The summed E-state index contributed by atoms with van der Waals surface area (Å²) in [5, 5.41) is 10.2. The van der Waals surface area contributed by atoms with E-state index < -0.39 is 0 Å². The van der Waals surface area contributed by atoms with Crippen molar-refractivity contribution < 1.29 is 4.79 Å². The third-order valence-electron chi connectivity index (χ3n) is 6.31. The zero-order chi connectivity index (χ0) is 17.2. The van der Waals surface area contributed by atoms with Crippen LogP contribution in [0.5, 0.6) is 0 Å². The SMILES string of the molecule is Cn1cc(Cl)c(C(=O)Nc2nc(C34CC5CC(CC(C5)C3)C4)cs2)n1. The van der Waals surface area contributed by atoms with E-state index in [0.29, 0.717) is 10.2 Å². The van der Waals surface area contributed by atoms with Crippen molar-refractivity contribution in [3.05, 3.63) is 28.0 Å². The van der Waals surface area contributed by atoms with E-state index in [1.54, 1.807) is 17.9 Å². The van der Waals surface area contributed by atoms with Crippen LogP contribution < -0.4 is 5.32 Å². The summed E-state index contributed by atoms with van der Waals surface area (Å²) in [6.07, 6.45) is 9.73. The molecule has 2 aromatic heterocycles. The van der Waals surface area contributed by atoms with Crippen molar-refractivity contribution in [2.24, 2.45) is 24.8 Å². The highest BCUT2D eigenvalue weighted by atomic mass is 35.5. The molecule has 25 heavy (non-hydrogen) atoms. The zero-order valence-electron chi connectivity index (χ0n) is 14.2. The lowest BCUT2D eigenvalue weighted by Gasteiger charge is -2.56. The first-order valence-electron chi connectivity index (χ1n) is 8.97. The molecule has 132 valence electrons. The molecule has 4 aliphatic rings.